The summed E-state index contributed by atoms with van der Waals surface area (Å²) in [4.78, 5) is 39.5. The fraction of sp³-hybridized carbons (Fsp3) is 0.375. The molecule has 3 aromatic rings. The van der Waals surface area contributed by atoms with Gasteiger partial charge in [-0.15, -0.1) is 21.5 Å². The molecule has 0 radical (unpaired) electrons. The van der Waals surface area contributed by atoms with Crippen LogP contribution in [0.2, 0.25) is 5.02 Å². The number of aromatic nitrogens is 3. The molecule has 0 fully saturated rings. The third-order valence-corrected chi connectivity index (χ3v) is 7.80. The van der Waals surface area contributed by atoms with Gasteiger partial charge in [-0.05, 0) is 44.5 Å². The van der Waals surface area contributed by atoms with E-state index in [9.17, 15) is 18.8 Å². The third kappa shape index (κ3) is 6.45. The number of halogens is 2. The van der Waals surface area contributed by atoms with Crippen molar-refractivity contribution < 1.29 is 28.2 Å². The Morgan fingerprint density at radius 1 is 1.29 bits per heavy atom. The van der Waals surface area contributed by atoms with Gasteiger partial charge in [0.05, 0.1) is 28.3 Å². The first-order valence-electron chi connectivity index (χ1n) is 11.4. The Kier molecular flexibility index (Phi) is 9.74. The van der Waals surface area contributed by atoms with Crippen molar-refractivity contribution in [2.24, 2.45) is 0 Å². The first-order valence-corrected chi connectivity index (χ1v) is 13.6. The van der Waals surface area contributed by atoms with E-state index in [0.29, 0.717) is 33.7 Å². The van der Waals surface area contributed by atoms with Gasteiger partial charge in [0.2, 0.25) is 5.91 Å². The molecule has 1 unspecified atom stereocenters. The molecule has 0 saturated heterocycles. The summed E-state index contributed by atoms with van der Waals surface area (Å²) in [6.07, 6.45) is -0.557. The van der Waals surface area contributed by atoms with Gasteiger partial charge in [0.15, 0.2) is 17.1 Å². The maximum absolute atomic E-state index is 13.3. The summed E-state index contributed by atoms with van der Waals surface area (Å²) < 4.78 is 25.9. The molecule has 1 atom stereocenters. The number of hydrogen-bond acceptors (Lipinski definition) is 9. The number of ether oxygens (including phenoxy) is 2. The SMILES string of the molecule is CCn1c(SCC(=O)Nc2sc(C(=O)N(C)C)c(C)c2C(=O)OC)nnc1C(C)Oc1ccc(F)cc1Cl. The van der Waals surface area contributed by atoms with Gasteiger partial charge < -0.3 is 24.3 Å². The van der Waals surface area contributed by atoms with E-state index in [4.69, 9.17) is 21.1 Å². The van der Waals surface area contributed by atoms with Gasteiger partial charge in [-0.1, -0.05) is 23.4 Å². The lowest BCUT2D eigenvalue weighted by molar-refractivity contribution is -0.113. The molecule has 2 aromatic heterocycles. The van der Waals surface area contributed by atoms with E-state index in [0.717, 1.165) is 29.2 Å². The molecule has 38 heavy (non-hydrogen) atoms. The first kappa shape index (κ1) is 29.4. The summed E-state index contributed by atoms with van der Waals surface area (Å²) in [7, 11) is 4.44. The van der Waals surface area contributed by atoms with Crippen LogP contribution in [0.3, 0.4) is 0 Å². The Morgan fingerprint density at radius 2 is 2.00 bits per heavy atom. The number of methoxy groups -OCH3 is 1. The minimum absolute atomic E-state index is 0.0360. The monoisotopic (exact) mass is 583 g/mol. The van der Waals surface area contributed by atoms with E-state index in [1.165, 1.54) is 24.1 Å². The molecular formula is C24H27ClFN5O5S2. The molecule has 0 aliphatic heterocycles. The molecule has 2 amide bonds. The summed E-state index contributed by atoms with van der Waals surface area (Å²) >= 11 is 8.24. The van der Waals surface area contributed by atoms with Gasteiger partial charge in [0.25, 0.3) is 5.91 Å². The molecule has 0 aliphatic carbocycles. The largest absolute Gasteiger partial charge is 0.481 e. The second-order valence-corrected chi connectivity index (χ2v) is 10.6. The quantitative estimate of drug-likeness (QED) is 0.267. The number of nitrogens with zero attached hydrogens (tertiary/aromatic N) is 4. The summed E-state index contributed by atoms with van der Waals surface area (Å²) in [5.74, 6) is -1.03. The van der Waals surface area contributed by atoms with E-state index in [-0.39, 0.29) is 27.2 Å². The van der Waals surface area contributed by atoms with E-state index in [1.54, 1.807) is 32.5 Å². The lowest BCUT2D eigenvalue weighted by Gasteiger charge is -2.16. The molecule has 3 rings (SSSR count). The number of anilines is 1. The number of carbonyl (C=O) groups excluding carboxylic acids is 3. The normalized spacial score (nSPS) is 11.7. The van der Waals surface area contributed by atoms with Crippen LogP contribution in [0, 0.1) is 12.7 Å². The summed E-state index contributed by atoms with van der Waals surface area (Å²) in [6.45, 7) is 5.80. The minimum atomic E-state index is -0.648. The van der Waals surface area contributed by atoms with Crippen molar-refractivity contribution in [3.05, 3.63) is 50.9 Å². The predicted octanol–water partition coefficient (Wildman–Crippen LogP) is 4.82. The van der Waals surface area contributed by atoms with Gasteiger partial charge in [0.1, 0.15) is 16.6 Å². The van der Waals surface area contributed by atoms with Crippen molar-refractivity contribution in [1.82, 2.24) is 19.7 Å². The van der Waals surface area contributed by atoms with Gasteiger partial charge in [-0.2, -0.15) is 0 Å². The van der Waals surface area contributed by atoms with Crippen LogP contribution >= 0.6 is 34.7 Å². The van der Waals surface area contributed by atoms with Crippen LogP contribution in [0.25, 0.3) is 0 Å². The minimum Gasteiger partial charge on any atom is -0.481 e. The Morgan fingerprint density at radius 3 is 2.61 bits per heavy atom. The van der Waals surface area contributed by atoms with Crippen molar-refractivity contribution in [2.75, 3.05) is 32.3 Å². The van der Waals surface area contributed by atoms with Crippen LogP contribution in [0.15, 0.2) is 23.4 Å². The number of thioether (sulfide) groups is 1. The Hall–Kier alpha value is -3.16. The van der Waals surface area contributed by atoms with Gasteiger partial charge in [0, 0.05) is 20.6 Å². The van der Waals surface area contributed by atoms with Crippen molar-refractivity contribution in [3.63, 3.8) is 0 Å². The lowest BCUT2D eigenvalue weighted by atomic mass is 10.1. The number of esters is 1. The Balaban J connectivity index is 1.74. The Labute approximate surface area is 232 Å². The van der Waals surface area contributed by atoms with E-state index < -0.39 is 23.8 Å². The molecule has 14 heteroatoms. The highest BCUT2D eigenvalue weighted by atomic mass is 35.5. The molecule has 10 nitrogen and oxygen atoms in total. The van der Waals surface area contributed by atoms with Crippen molar-refractivity contribution in [2.45, 2.75) is 38.6 Å². The van der Waals surface area contributed by atoms with Crippen LogP contribution in [0.4, 0.5) is 9.39 Å². The summed E-state index contributed by atoms with van der Waals surface area (Å²) in [5, 5.41) is 12.0. The highest BCUT2D eigenvalue weighted by Gasteiger charge is 2.27. The second-order valence-electron chi connectivity index (χ2n) is 8.21. The second kappa shape index (κ2) is 12.6. The van der Waals surface area contributed by atoms with Crippen LogP contribution in [0.1, 0.15) is 51.4 Å². The van der Waals surface area contributed by atoms with E-state index >= 15 is 0 Å². The van der Waals surface area contributed by atoms with Gasteiger partial charge >= 0.3 is 5.97 Å². The number of carbonyl (C=O) groups is 3. The van der Waals surface area contributed by atoms with Gasteiger partial charge in [-0.3, -0.25) is 9.59 Å². The molecular weight excluding hydrogens is 557 g/mol. The van der Waals surface area contributed by atoms with Crippen molar-refractivity contribution in [1.29, 1.82) is 0 Å². The summed E-state index contributed by atoms with van der Waals surface area (Å²) in [5.41, 5.74) is 0.583. The fourth-order valence-electron chi connectivity index (χ4n) is 3.47. The number of hydrogen-bond donors (Lipinski definition) is 1. The summed E-state index contributed by atoms with van der Waals surface area (Å²) in [6, 6.07) is 3.85. The van der Waals surface area contributed by atoms with E-state index in [2.05, 4.69) is 15.5 Å². The highest BCUT2D eigenvalue weighted by Crippen LogP contribution is 2.35. The zero-order valence-corrected chi connectivity index (χ0v) is 24.0. The van der Waals surface area contributed by atoms with Crippen molar-refractivity contribution >= 4 is 57.5 Å². The highest BCUT2D eigenvalue weighted by molar-refractivity contribution is 7.99. The maximum Gasteiger partial charge on any atom is 0.341 e. The van der Waals surface area contributed by atoms with E-state index in [1.807, 2.05) is 6.92 Å². The smallest absolute Gasteiger partial charge is 0.341 e. The topological polar surface area (TPSA) is 116 Å². The van der Waals surface area contributed by atoms with Gasteiger partial charge in [-0.25, -0.2) is 9.18 Å². The first-order chi connectivity index (χ1) is 18.0. The molecule has 0 aliphatic rings. The number of benzene rings is 1. The average Bonchev–Trinajstić information content (AvgIpc) is 3.43. The van der Waals surface area contributed by atoms with Crippen LogP contribution in [-0.2, 0) is 16.1 Å². The average molecular weight is 584 g/mol. The number of nitrogens with one attached hydrogen (secondary N) is 1. The fourth-order valence-corrected chi connectivity index (χ4v) is 5.72. The van der Waals surface area contributed by atoms with Crippen LogP contribution in [0.5, 0.6) is 5.75 Å². The number of rotatable bonds is 10. The number of amides is 2. The zero-order valence-electron chi connectivity index (χ0n) is 21.6. The molecule has 1 aromatic carbocycles. The third-order valence-electron chi connectivity index (χ3n) is 5.34. The van der Waals surface area contributed by atoms with Crippen LogP contribution in [-0.4, -0.2) is 64.4 Å². The molecule has 0 bridgehead atoms. The molecule has 1 N–H and O–H groups in total. The van der Waals surface area contributed by atoms with Crippen molar-refractivity contribution in [3.8, 4) is 5.75 Å². The zero-order chi connectivity index (χ0) is 28.1. The van der Waals surface area contributed by atoms with Crippen LogP contribution < -0.4 is 10.1 Å². The number of thiophene rings is 1. The Bertz CT molecular complexity index is 1360. The predicted molar refractivity (Wildman–Crippen MR) is 144 cm³/mol. The molecule has 204 valence electrons. The standard InChI is InChI=1S/C24H27ClFN5O5S2/c1-7-31-20(13(3)36-16-9-8-14(26)10-15(16)25)28-29-24(31)37-11-17(32)27-21-18(23(34)35-6)12(2)19(38-21)22(33)30(4)5/h8-10,13H,7,11H2,1-6H3,(H,27,32). The maximum atomic E-state index is 13.3. The molecule has 2 heterocycles. The molecule has 0 spiro atoms. The lowest BCUT2D eigenvalue weighted by Crippen LogP contribution is -2.21. The molecule has 0 saturated carbocycles.